The van der Waals surface area contributed by atoms with Gasteiger partial charge in [0.05, 0.1) is 12.2 Å². The summed E-state index contributed by atoms with van der Waals surface area (Å²) in [5, 5.41) is 9.43. The Morgan fingerprint density at radius 2 is 2.16 bits per heavy atom. The van der Waals surface area contributed by atoms with Gasteiger partial charge >= 0.3 is 0 Å². The third kappa shape index (κ3) is 3.04. The number of benzene rings is 1. The van der Waals surface area contributed by atoms with Crippen molar-refractivity contribution in [3.05, 3.63) is 42.0 Å². The average Bonchev–Trinajstić information content (AvgIpc) is 2.89. The van der Waals surface area contributed by atoms with Gasteiger partial charge in [0.1, 0.15) is 6.04 Å². The molecule has 1 saturated heterocycles. The lowest BCUT2D eigenvalue weighted by Crippen LogP contribution is -2.27. The van der Waals surface area contributed by atoms with Crippen molar-refractivity contribution in [2.24, 2.45) is 0 Å². The normalized spacial score (nSPS) is 21.0. The van der Waals surface area contributed by atoms with Crippen LogP contribution in [0.1, 0.15) is 30.5 Å². The Labute approximate surface area is 115 Å². The molecule has 1 heterocycles. The molecule has 100 valence electrons. The Morgan fingerprint density at radius 1 is 1.47 bits per heavy atom. The van der Waals surface area contributed by atoms with Crippen LogP contribution < -0.4 is 0 Å². The van der Waals surface area contributed by atoms with Crippen molar-refractivity contribution < 1.29 is 4.74 Å². The van der Waals surface area contributed by atoms with Gasteiger partial charge in [-0.15, -0.1) is 0 Å². The van der Waals surface area contributed by atoms with E-state index in [1.807, 2.05) is 31.2 Å². The summed E-state index contributed by atoms with van der Waals surface area (Å²) in [6.07, 6.45) is 1.25. The molecule has 1 aromatic rings. The summed E-state index contributed by atoms with van der Waals surface area (Å²) < 4.78 is 5.36. The number of likely N-dealkylation sites (tertiary alicyclic amines) is 1. The Morgan fingerprint density at radius 3 is 2.63 bits per heavy atom. The molecule has 2 atom stereocenters. The molecule has 2 unspecified atom stereocenters. The smallest absolute Gasteiger partial charge is 0.123 e. The van der Waals surface area contributed by atoms with E-state index in [1.54, 1.807) is 7.11 Å². The molecule has 2 rings (SSSR count). The first-order valence-electron chi connectivity index (χ1n) is 6.58. The number of allylic oxidation sites excluding steroid dienone is 1. The van der Waals surface area contributed by atoms with Gasteiger partial charge in [-0.2, -0.15) is 5.26 Å². The third-order valence-corrected chi connectivity index (χ3v) is 3.72. The number of nitrogens with zero attached hydrogens (tertiary/aromatic N) is 2. The average molecular weight is 256 g/mol. The fourth-order valence-electron chi connectivity index (χ4n) is 2.50. The Balaban J connectivity index is 2.14. The van der Waals surface area contributed by atoms with Gasteiger partial charge in [0.15, 0.2) is 0 Å². The minimum absolute atomic E-state index is 0.181. The molecule has 19 heavy (non-hydrogen) atoms. The van der Waals surface area contributed by atoms with Gasteiger partial charge in [0.2, 0.25) is 0 Å². The van der Waals surface area contributed by atoms with Crippen molar-refractivity contribution in [2.45, 2.75) is 25.5 Å². The highest BCUT2D eigenvalue weighted by Gasteiger charge is 2.28. The minimum atomic E-state index is -0.181. The molecular formula is C16H20N2O. The van der Waals surface area contributed by atoms with Crippen LogP contribution in [-0.2, 0) is 4.74 Å². The lowest BCUT2D eigenvalue weighted by Gasteiger charge is -2.22. The van der Waals surface area contributed by atoms with Gasteiger partial charge in [-0.05, 0) is 24.5 Å². The molecule has 1 aromatic carbocycles. The fraction of sp³-hybridized carbons (Fsp3) is 0.438. The van der Waals surface area contributed by atoms with Crippen molar-refractivity contribution in [1.82, 2.24) is 4.90 Å². The Hall–Kier alpha value is -1.63. The largest absolute Gasteiger partial charge is 0.380 e. The second-order valence-corrected chi connectivity index (χ2v) is 5.08. The molecule has 0 aliphatic carbocycles. The quantitative estimate of drug-likeness (QED) is 0.831. The maximum atomic E-state index is 9.43. The molecule has 1 fully saturated rings. The molecule has 0 amide bonds. The van der Waals surface area contributed by atoms with E-state index in [2.05, 4.69) is 17.5 Å². The molecule has 0 N–H and O–H groups in total. The summed E-state index contributed by atoms with van der Waals surface area (Å²) in [6.45, 7) is 7.66. The molecule has 0 bridgehead atoms. The number of ether oxygens (including phenoxy) is 1. The van der Waals surface area contributed by atoms with Crippen molar-refractivity contribution in [1.29, 1.82) is 5.26 Å². The van der Waals surface area contributed by atoms with Gasteiger partial charge in [-0.1, -0.05) is 36.4 Å². The number of hydrogen-bond donors (Lipinski definition) is 0. The summed E-state index contributed by atoms with van der Waals surface area (Å²) in [5.74, 6) is 0. The third-order valence-electron chi connectivity index (χ3n) is 3.72. The highest BCUT2D eigenvalue weighted by Crippen LogP contribution is 2.26. The highest BCUT2D eigenvalue weighted by molar-refractivity contribution is 5.61. The second kappa shape index (κ2) is 6.01. The molecule has 0 aromatic heterocycles. The van der Waals surface area contributed by atoms with Crippen molar-refractivity contribution in [2.75, 3.05) is 20.2 Å². The molecule has 3 heteroatoms. The Kier molecular flexibility index (Phi) is 4.36. The van der Waals surface area contributed by atoms with E-state index in [9.17, 15) is 5.26 Å². The molecule has 0 spiro atoms. The molecule has 0 radical (unpaired) electrons. The molecular weight excluding hydrogens is 236 g/mol. The zero-order chi connectivity index (χ0) is 13.8. The molecule has 1 aliphatic heterocycles. The van der Waals surface area contributed by atoms with E-state index in [0.29, 0.717) is 0 Å². The van der Waals surface area contributed by atoms with E-state index in [-0.39, 0.29) is 12.1 Å². The number of hydrogen-bond acceptors (Lipinski definition) is 3. The second-order valence-electron chi connectivity index (χ2n) is 5.08. The van der Waals surface area contributed by atoms with Crippen molar-refractivity contribution in [3.8, 4) is 6.07 Å². The fourth-order valence-corrected chi connectivity index (χ4v) is 2.50. The summed E-state index contributed by atoms with van der Waals surface area (Å²) in [6, 6.07) is 10.3. The predicted molar refractivity (Wildman–Crippen MR) is 76.5 cm³/mol. The van der Waals surface area contributed by atoms with E-state index in [1.165, 1.54) is 0 Å². The monoisotopic (exact) mass is 256 g/mol. The van der Waals surface area contributed by atoms with Gasteiger partial charge in [-0.25, -0.2) is 0 Å². The van der Waals surface area contributed by atoms with Crippen LogP contribution in [0, 0.1) is 11.3 Å². The highest BCUT2D eigenvalue weighted by atomic mass is 16.5. The zero-order valence-electron chi connectivity index (χ0n) is 11.6. The van der Waals surface area contributed by atoms with E-state index in [0.717, 1.165) is 36.2 Å². The first-order valence-corrected chi connectivity index (χ1v) is 6.58. The van der Waals surface area contributed by atoms with Gasteiger partial charge in [0.25, 0.3) is 0 Å². The number of nitriles is 1. The van der Waals surface area contributed by atoms with Crippen LogP contribution in [0.4, 0.5) is 0 Å². The number of methoxy groups -OCH3 is 1. The predicted octanol–water partition coefficient (Wildman–Crippen LogP) is 3.01. The van der Waals surface area contributed by atoms with Crippen LogP contribution in [-0.4, -0.2) is 31.2 Å². The van der Waals surface area contributed by atoms with Crippen molar-refractivity contribution >= 4 is 5.57 Å². The first-order chi connectivity index (χ1) is 9.15. The van der Waals surface area contributed by atoms with E-state index < -0.39 is 0 Å². The lowest BCUT2D eigenvalue weighted by molar-refractivity contribution is 0.105. The van der Waals surface area contributed by atoms with Crippen LogP contribution in [0.5, 0.6) is 0 Å². The molecule has 1 aliphatic rings. The van der Waals surface area contributed by atoms with Gasteiger partial charge in [-0.3, -0.25) is 4.90 Å². The molecule has 3 nitrogen and oxygen atoms in total. The zero-order valence-corrected chi connectivity index (χ0v) is 11.6. The maximum Gasteiger partial charge on any atom is 0.123 e. The number of rotatable bonds is 4. The SMILES string of the molecule is C=C(C)c1ccc(C(C#N)N2CCC(OC)C2)cc1. The van der Waals surface area contributed by atoms with Crippen LogP contribution in [0.2, 0.25) is 0 Å². The van der Waals surface area contributed by atoms with Gasteiger partial charge < -0.3 is 4.74 Å². The summed E-state index contributed by atoms with van der Waals surface area (Å²) >= 11 is 0. The van der Waals surface area contributed by atoms with Gasteiger partial charge in [0, 0.05) is 20.2 Å². The van der Waals surface area contributed by atoms with E-state index in [4.69, 9.17) is 4.74 Å². The Bertz CT molecular complexity index is 486. The van der Waals surface area contributed by atoms with Crippen LogP contribution in [0.15, 0.2) is 30.8 Å². The topological polar surface area (TPSA) is 36.3 Å². The summed E-state index contributed by atoms with van der Waals surface area (Å²) in [4.78, 5) is 2.18. The lowest BCUT2D eigenvalue weighted by atomic mass is 10.0. The molecule has 0 saturated carbocycles. The van der Waals surface area contributed by atoms with Crippen LogP contribution >= 0.6 is 0 Å². The minimum Gasteiger partial charge on any atom is -0.380 e. The van der Waals surface area contributed by atoms with E-state index >= 15 is 0 Å². The summed E-state index contributed by atoms with van der Waals surface area (Å²) in [5.41, 5.74) is 3.21. The maximum absolute atomic E-state index is 9.43. The summed E-state index contributed by atoms with van der Waals surface area (Å²) in [7, 11) is 1.73. The van der Waals surface area contributed by atoms with Crippen LogP contribution in [0.3, 0.4) is 0 Å². The van der Waals surface area contributed by atoms with Crippen LogP contribution in [0.25, 0.3) is 5.57 Å². The standard InChI is InChI=1S/C16H20N2O/c1-12(2)13-4-6-14(7-5-13)16(10-17)18-9-8-15(11-18)19-3/h4-7,15-16H,1,8-9,11H2,2-3H3. The first kappa shape index (κ1) is 13.8. The van der Waals surface area contributed by atoms with Crippen molar-refractivity contribution in [3.63, 3.8) is 0 Å².